The van der Waals surface area contributed by atoms with E-state index in [0.717, 1.165) is 35.3 Å². The molecule has 5 N–H and O–H groups in total. The van der Waals surface area contributed by atoms with Crippen LogP contribution in [0.25, 0.3) is 21.9 Å². The summed E-state index contributed by atoms with van der Waals surface area (Å²) in [5.41, 5.74) is 3.50. The van der Waals surface area contributed by atoms with Gasteiger partial charge in [0.15, 0.2) is 5.96 Å². The summed E-state index contributed by atoms with van der Waals surface area (Å²) < 4.78 is 12.0. The van der Waals surface area contributed by atoms with Crippen LogP contribution in [-0.2, 0) is 22.4 Å². The average molecular weight is 661 g/mol. The van der Waals surface area contributed by atoms with Crippen molar-refractivity contribution in [3.63, 3.8) is 0 Å². The first-order valence-electron chi connectivity index (χ1n) is 16.4. The minimum atomic E-state index is -0.982. The summed E-state index contributed by atoms with van der Waals surface area (Å²) in [5.74, 6) is 1.72. The van der Waals surface area contributed by atoms with Crippen molar-refractivity contribution < 1.29 is 33.5 Å². The average Bonchev–Trinajstić information content (AvgIpc) is 3.67. The molecule has 0 atom stereocenters. The molecule has 0 unspecified atom stereocenters. The van der Waals surface area contributed by atoms with Gasteiger partial charge in [0, 0.05) is 48.1 Å². The zero-order valence-corrected chi connectivity index (χ0v) is 28.1. The minimum absolute atomic E-state index is 0.253. The molecule has 0 amide bonds. The number of benzene rings is 2. The van der Waals surface area contributed by atoms with E-state index in [1.54, 1.807) is 42.2 Å². The molecule has 0 fully saturated rings. The van der Waals surface area contributed by atoms with E-state index < -0.39 is 21.0 Å². The van der Waals surface area contributed by atoms with E-state index in [1.165, 1.54) is 7.28 Å². The van der Waals surface area contributed by atoms with Gasteiger partial charge < -0.3 is 58.8 Å². The molecule has 2 radical (unpaired) electrons. The third-order valence-electron chi connectivity index (χ3n) is 8.06. The highest BCUT2D eigenvalue weighted by atomic mass is 16.3. The molecule has 0 saturated heterocycles. The van der Waals surface area contributed by atoms with Gasteiger partial charge >= 0.3 is 21.5 Å². The zero-order valence-electron chi connectivity index (χ0n) is 28.1. The van der Waals surface area contributed by atoms with Crippen LogP contribution in [0.5, 0.6) is 0 Å². The lowest BCUT2D eigenvalue weighted by molar-refractivity contribution is 0.394. The van der Waals surface area contributed by atoms with Crippen LogP contribution in [0.2, 0.25) is 33.1 Å². The fourth-order valence-corrected chi connectivity index (χ4v) is 5.68. The van der Waals surface area contributed by atoms with E-state index in [0.29, 0.717) is 79.3 Å². The highest BCUT2D eigenvalue weighted by Gasteiger charge is 2.29. The van der Waals surface area contributed by atoms with Gasteiger partial charge in [0.25, 0.3) is 6.92 Å². The first-order valence-corrected chi connectivity index (χ1v) is 16.4. The number of nitrogens with one attached hydrogen (secondary N) is 2. The van der Waals surface area contributed by atoms with Crippen molar-refractivity contribution in [1.82, 2.24) is 9.62 Å². The van der Waals surface area contributed by atoms with Crippen molar-refractivity contribution in [1.29, 1.82) is 10.8 Å². The molecular weight excluding hydrogens is 620 g/mol. The van der Waals surface area contributed by atoms with Crippen LogP contribution in [0.15, 0.2) is 62.3 Å². The molecular formula is C32H40B5N5O7. The SMILES string of the molecule is CB(O)CC(=N)c1ccc2oc(CCCN(B(C)O)C(=N[B]C=O)N(CCCc3cc4cc(C(=N)C[B]C=O)ccc4o3)B(C)O)cc2c1. The van der Waals surface area contributed by atoms with Crippen molar-refractivity contribution in [2.24, 2.45) is 4.90 Å². The minimum Gasteiger partial charge on any atom is -0.461 e. The Hall–Kier alpha value is -4.33. The lowest BCUT2D eigenvalue weighted by Crippen LogP contribution is -2.55. The van der Waals surface area contributed by atoms with Crippen LogP contribution in [-0.4, -0.2) is 103 Å². The number of carbonyl (C=O) groups excluding carboxylic acids is 2. The van der Waals surface area contributed by atoms with Crippen LogP contribution in [0.3, 0.4) is 0 Å². The summed E-state index contributed by atoms with van der Waals surface area (Å²) in [6.07, 6.45) is 3.95. The number of carbonyl (C=O) groups is 2. The lowest BCUT2D eigenvalue weighted by Gasteiger charge is -2.36. The Kier molecular flexibility index (Phi) is 13.7. The molecule has 4 rings (SSSR count). The van der Waals surface area contributed by atoms with E-state index in [1.807, 2.05) is 36.4 Å². The normalized spacial score (nSPS) is 11.3. The Morgan fingerprint density at radius 1 is 0.796 bits per heavy atom. The highest BCUT2D eigenvalue weighted by molar-refractivity contribution is 6.70. The fourth-order valence-electron chi connectivity index (χ4n) is 5.68. The molecule has 0 spiro atoms. The Bertz CT molecular complexity index is 1790. The second kappa shape index (κ2) is 17.9. The largest absolute Gasteiger partial charge is 0.461 e. The predicted octanol–water partition coefficient (Wildman–Crippen LogP) is 3.40. The molecule has 2 aromatic carbocycles. The molecule has 250 valence electrons. The third kappa shape index (κ3) is 10.3. The predicted molar refractivity (Wildman–Crippen MR) is 200 cm³/mol. The van der Waals surface area contributed by atoms with Gasteiger partial charge in [0.2, 0.25) is 7.28 Å². The Morgan fingerprint density at radius 3 is 1.76 bits per heavy atom. The molecule has 17 heteroatoms. The van der Waals surface area contributed by atoms with Gasteiger partial charge in [-0.25, -0.2) is 0 Å². The van der Waals surface area contributed by atoms with E-state index in [4.69, 9.17) is 19.7 Å². The Morgan fingerprint density at radius 2 is 1.31 bits per heavy atom. The molecule has 0 bridgehead atoms. The van der Waals surface area contributed by atoms with Gasteiger partial charge in [-0.3, -0.25) is 0 Å². The zero-order chi connectivity index (χ0) is 35.5. The van der Waals surface area contributed by atoms with Crippen LogP contribution >= 0.6 is 0 Å². The standard InChI is InChI=1S/C32H40B5N5O7/c1-35(45)19-29(39)23-9-11-31-25(15-23)17-27(49-31)7-5-13-42(37(3)47)32(40-34-21-44)41(36(2)46)12-4-6-26-16-24-14-22(8-10-30(24)48-26)28(38)18-33-20-43/h8-11,14-17,20-21,38-39,45-47H,4-7,12-13,18-19H2,1-3H3. The number of furan rings is 2. The van der Waals surface area contributed by atoms with E-state index in [9.17, 15) is 24.7 Å². The molecule has 0 aliphatic carbocycles. The molecule has 12 nitrogen and oxygen atoms in total. The molecule has 2 heterocycles. The van der Waals surface area contributed by atoms with Crippen LogP contribution in [0, 0.1) is 10.8 Å². The van der Waals surface area contributed by atoms with Gasteiger partial charge in [-0.1, -0.05) is 6.82 Å². The number of guanidine groups is 1. The maximum Gasteiger partial charge on any atom is 0.411 e. The number of fused-ring (bicyclic) bond motifs is 2. The summed E-state index contributed by atoms with van der Waals surface area (Å²) in [6.45, 7) is 4.94. The van der Waals surface area contributed by atoms with Crippen molar-refractivity contribution in [3.05, 3.63) is 71.2 Å². The van der Waals surface area contributed by atoms with Crippen LogP contribution in [0.4, 0.5) is 0 Å². The van der Waals surface area contributed by atoms with E-state index >= 15 is 0 Å². The number of rotatable bonds is 19. The van der Waals surface area contributed by atoms with Gasteiger partial charge in [0.05, 0.1) is 6.19 Å². The number of hydrogen-bond donors (Lipinski definition) is 5. The van der Waals surface area contributed by atoms with Crippen molar-refractivity contribution in [2.75, 3.05) is 13.1 Å². The Labute approximate surface area is 288 Å². The summed E-state index contributed by atoms with van der Waals surface area (Å²) in [5, 5.41) is 49.3. The maximum absolute atomic E-state index is 11.3. The summed E-state index contributed by atoms with van der Waals surface area (Å²) in [7, 11) is 0.528. The van der Waals surface area contributed by atoms with Crippen molar-refractivity contribution in [3.8, 4) is 0 Å². The smallest absolute Gasteiger partial charge is 0.411 e. The number of nitrogens with zero attached hydrogens (tertiary/aromatic N) is 3. The quantitative estimate of drug-likeness (QED) is 0.0435. The lowest BCUT2D eigenvalue weighted by atomic mass is 9.66. The topological polar surface area (TPSA) is 188 Å². The van der Waals surface area contributed by atoms with Crippen LogP contribution in [0.1, 0.15) is 35.5 Å². The van der Waals surface area contributed by atoms with Gasteiger partial charge in [-0.15, -0.1) is 0 Å². The fraction of sp³-hybridized carbons (Fsp3) is 0.344. The van der Waals surface area contributed by atoms with E-state index in [2.05, 4.69) is 4.90 Å². The molecule has 49 heavy (non-hydrogen) atoms. The third-order valence-corrected chi connectivity index (χ3v) is 8.06. The van der Waals surface area contributed by atoms with Gasteiger partial charge in [-0.05, 0) is 98.8 Å². The van der Waals surface area contributed by atoms with Gasteiger partial charge in [-0.2, -0.15) is 0 Å². The van der Waals surface area contributed by atoms with Gasteiger partial charge in [0.1, 0.15) is 28.9 Å². The van der Waals surface area contributed by atoms with Crippen LogP contribution < -0.4 is 0 Å². The summed E-state index contributed by atoms with van der Waals surface area (Å²) in [6, 6.07) is 14.8. The summed E-state index contributed by atoms with van der Waals surface area (Å²) in [4.78, 5) is 29.5. The highest BCUT2D eigenvalue weighted by Crippen LogP contribution is 2.24. The molecule has 4 aromatic rings. The maximum atomic E-state index is 11.3. The first-order chi connectivity index (χ1) is 23.5. The molecule has 0 aliphatic heterocycles. The monoisotopic (exact) mass is 661 g/mol. The van der Waals surface area contributed by atoms with Crippen molar-refractivity contribution in [2.45, 2.75) is 58.8 Å². The molecule has 0 aliphatic rings. The summed E-state index contributed by atoms with van der Waals surface area (Å²) >= 11 is 0. The number of aryl methyl sites for hydroxylation is 2. The second-order valence-corrected chi connectivity index (χ2v) is 12.1. The molecule has 0 saturated carbocycles. The number of hydrogen-bond acceptors (Lipinski definition) is 10. The second-order valence-electron chi connectivity index (χ2n) is 12.1. The Balaban J connectivity index is 1.42. The van der Waals surface area contributed by atoms with E-state index in [-0.39, 0.29) is 18.6 Å². The first kappa shape index (κ1) is 37.5. The molecule has 2 aromatic heterocycles. The van der Waals surface area contributed by atoms with Crippen molar-refractivity contribution >= 4 is 87.4 Å².